The van der Waals surface area contributed by atoms with Crippen LogP contribution in [0.15, 0.2) is 0 Å². The summed E-state index contributed by atoms with van der Waals surface area (Å²) in [6.07, 6.45) is 4.96. The highest BCUT2D eigenvalue weighted by Gasteiger charge is 2.23. The van der Waals surface area contributed by atoms with E-state index in [4.69, 9.17) is 5.26 Å². The van der Waals surface area contributed by atoms with Crippen molar-refractivity contribution in [2.24, 2.45) is 5.92 Å². The van der Waals surface area contributed by atoms with Gasteiger partial charge in [-0.05, 0) is 18.8 Å². The highest BCUT2D eigenvalue weighted by molar-refractivity contribution is 7.90. The highest BCUT2D eigenvalue weighted by Crippen LogP contribution is 2.28. The van der Waals surface area contributed by atoms with Gasteiger partial charge in [0.25, 0.3) is 0 Å². The molecule has 1 N–H and O–H groups in total. The third-order valence-electron chi connectivity index (χ3n) is 2.97. The third kappa shape index (κ3) is 3.47. The molecule has 0 aliphatic heterocycles. The molecule has 15 heavy (non-hydrogen) atoms. The van der Waals surface area contributed by atoms with Gasteiger partial charge >= 0.3 is 0 Å². The number of rotatable bonds is 6. The van der Waals surface area contributed by atoms with E-state index in [-0.39, 0.29) is 0 Å². The number of hydrogen-bond acceptors (Lipinski definition) is 3. The monoisotopic (exact) mass is 230 g/mol. The Morgan fingerprint density at radius 1 is 1.53 bits per heavy atom. The fraction of sp³-hybridized carbons (Fsp3) is 0.900. The van der Waals surface area contributed by atoms with Gasteiger partial charge in [0.15, 0.2) is 5.25 Å². The molecule has 0 aromatic rings. The molecule has 4 nitrogen and oxygen atoms in total. The van der Waals surface area contributed by atoms with E-state index < -0.39 is 15.3 Å². The molecular formula is C10H18N2O2S. The van der Waals surface area contributed by atoms with Crippen LogP contribution in [-0.2, 0) is 10.0 Å². The second-order valence-corrected chi connectivity index (χ2v) is 6.00. The molecule has 1 atom stereocenters. The number of hydrogen-bond donors (Lipinski definition) is 1. The first kappa shape index (κ1) is 12.5. The van der Waals surface area contributed by atoms with Crippen LogP contribution >= 0.6 is 0 Å². The van der Waals surface area contributed by atoms with Gasteiger partial charge < -0.3 is 0 Å². The molecule has 1 unspecified atom stereocenters. The lowest BCUT2D eigenvalue weighted by Gasteiger charge is -2.25. The second-order valence-electron chi connectivity index (χ2n) is 4.05. The maximum Gasteiger partial charge on any atom is 0.227 e. The van der Waals surface area contributed by atoms with Crippen LogP contribution in [0.1, 0.15) is 39.0 Å². The predicted molar refractivity (Wildman–Crippen MR) is 58.6 cm³/mol. The summed E-state index contributed by atoms with van der Waals surface area (Å²) in [6, 6.07) is 1.81. The maximum absolute atomic E-state index is 11.5. The minimum absolute atomic E-state index is 0.343. The molecule has 0 saturated heterocycles. The second kappa shape index (κ2) is 5.47. The van der Waals surface area contributed by atoms with Crippen LogP contribution < -0.4 is 4.72 Å². The number of nitriles is 1. The summed E-state index contributed by atoms with van der Waals surface area (Å²) in [5, 5.41) is 7.75. The Morgan fingerprint density at radius 2 is 2.20 bits per heavy atom. The SMILES string of the molecule is CCC(C#N)S(=O)(=O)NCCC1CCC1. The van der Waals surface area contributed by atoms with Crippen LogP contribution in [0.4, 0.5) is 0 Å². The molecule has 1 fully saturated rings. The van der Waals surface area contributed by atoms with Crippen LogP contribution in [0.25, 0.3) is 0 Å². The quantitative estimate of drug-likeness (QED) is 0.749. The summed E-state index contributed by atoms with van der Waals surface area (Å²) < 4.78 is 25.6. The van der Waals surface area contributed by atoms with Crippen molar-refractivity contribution in [2.75, 3.05) is 6.54 Å². The molecule has 1 aliphatic carbocycles. The van der Waals surface area contributed by atoms with Gasteiger partial charge in [-0.2, -0.15) is 5.26 Å². The first-order valence-corrected chi connectivity index (χ1v) is 7.03. The minimum atomic E-state index is -3.41. The average Bonchev–Trinajstić information content (AvgIpc) is 2.11. The van der Waals surface area contributed by atoms with Crippen molar-refractivity contribution in [2.45, 2.75) is 44.3 Å². The molecule has 0 heterocycles. The first-order valence-electron chi connectivity index (χ1n) is 5.48. The van der Waals surface area contributed by atoms with Crippen molar-refractivity contribution in [1.82, 2.24) is 4.72 Å². The maximum atomic E-state index is 11.5. The van der Waals surface area contributed by atoms with Gasteiger partial charge in [-0.25, -0.2) is 13.1 Å². The summed E-state index contributed by atoms with van der Waals surface area (Å²) in [7, 11) is -3.41. The molecule has 5 heteroatoms. The summed E-state index contributed by atoms with van der Waals surface area (Å²) in [4.78, 5) is 0. The van der Waals surface area contributed by atoms with Crippen LogP contribution in [0.2, 0.25) is 0 Å². The zero-order chi connectivity index (χ0) is 11.3. The minimum Gasteiger partial charge on any atom is -0.214 e. The molecule has 1 saturated carbocycles. The molecule has 0 spiro atoms. The lowest BCUT2D eigenvalue weighted by Crippen LogP contribution is -2.34. The van der Waals surface area contributed by atoms with E-state index >= 15 is 0 Å². The lowest BCUT2D eigenvalue weighted by molar-refractivity contribution is 0.297. The van der Waals surface area contributed by atoms with Crippen molar-refractivity contribution >= 4 is 10.0 Å². The Kier molecular flexibility index (Phi) is 4.55. The molecule has 0 bridgehead atoms. The van der Waals surface area contributed by atoms with E-state index in [1.807, 2.05) is 6.07 Å². The fourth-order valence-electron chi connectivity index (χ4n) is 1.67. The van der Waals surface area contributed by atoms with Gasteiger partial charge in [0, 0.05) is 6.54 Å². The van der Waals surface area contributed by atoms with Gasteiger partial charge in [0.2, 0.25) is 10.0 Å². The largest absolute Gasteiger partial charge is 0.227 e. The Morgan fingerprint density at radius 3 is 2.60 bits per heavy atom. The summed E-state index contributed by atoms with van der Waals surface area (Å²) in [5.41, 5.74) is 0. The van der Waals surface area contributed by atoms with Crippen molar-refractivity contribution in [3.05, 3.63) is 0 Å². The topological polar surface area (TPSA) is 70.0 Å². The summed E-state index contributed by atoms with van der Waals surface area (Å²) in [5.74, 6) is 0.690. The van der Waals surface area contributed by atoms with Crippen LogP contribution in [0.3, 0.4) is 0 Å². The standard InChI is InChI=1S/C10H18N2O2S/c1-2-10(8-11)15(13,14)12-7-6-9-4-3-5-9/h9-10,12H,2-7H2,1H3. The molecule has 0 aromatic carbocycles. The van der Waals surface area contributed by atoms with E-state index in [0.717, 1.165) is 6.42 Å². The first-order chi connectivity index (χ1) is 7.10. The predicted octanol–water partition coefficient (Wildman–Crippen LogP) is 1.40. The summed E-state index contributed by atoms with van der Waals surface area (Å²) >= 11 is 0. The molecule has 0 radical (unpaired) electrons. The molecule has 1 aliphatic rings. The van der Waals surface area contributed by atoms with Gasteiger partial charge in [0.05, 0.1) is 6.07 Å². The van der Waals surface area contributed by atoms with Crippen LogP contribution in [-0.4, -0.2) is 20.2 Å². The van der Waals surface area contributed by atoms with E-state index in [1.54, 1.807) is 6.92 Å². The van der Waals surface area contributed by atoms with E-state index in [9.17, 15) is 8.42 Å². The number of nitrogens with zero attached hydrogens (tertiary/aromatic N) is 1. The number of nitrogens with one attached hydrogen (secondary N) is 1. The zero-order valence-electron chi connectivity index (χ0n) is 9.07. The van der Waals surface area contributed by atoms with E-state index in [0.29, 0.717) is 18.9 Å². The Labute approximate surface area is 91.7 Å². The van der Waals surface area contributed by atoms with Gasteiger partial charge in [-0.3, -0.25) is 0 Å². The molecule has 1 rings (SSSR count). The Bertz CT molecular complexity index is 328. The zero-order valence-corrected chi connectivity index (χ0v) is 9.89. The molecule has 0 aromatic heterocycles. The van der Waals surface area contributed by atoms with E-state index in [2.05, 4.69) is 4.72 Å². The molecule has 0 amide bonds. The van der Waals surface area contributed by atoms with E-state index in [1.165, 1.54) is 19.3 Å². The van der Waals surface area contributed by atoms with Crippen molar-refractivity contribution in [1.29, 1.82) is 5.26 Å². The summed E-state index contributed by atoms with van der Waals surface area (Å²) in [6.45, 7) is 2.18. The lowest BCUT2D eigenvalue weighted by atomic mass is 9.83. The normalized spacial score (nSPS) is 19.2. The third-order valence-corrected chi connectivity index (χ3v) is 4.76. The van der Waals surface area contributed by atoms with Gasteiger partial charge in [-0.1, -0.05) is 26.2 Å². The average molecular weight is 230 g/mol. The molecule has 86 valence electrons. The van der Waals surface area contributed by atoms with Crippen LogP contribution in [0.5, 0.6) is 0 Å². The van der Waals surface area contributed by atoms with Crippen molar-refractivity contribution < 1.29 is 8.42 Å². The Balaban J connectivity index is 2.32. The van der Waals surface area contributed by atoms with Gasteiger partial charge in [0.1, 0.15) is 0 Å². The highest BCUT2D eigenvalue weighted by atomic mass is 32.2. The fourth-order valence-corrected chi connectivity index (χ4v) is 2.85. The number of sulfonamides is 1. The van der Waals surface area contributed by atoms with Crippen molar-refractivity contribution in [3.8, 4) is 6.07 Å². The Hall–Kier alpha value is -0.600. The van der Waals surface area contributed by atoms with Crippen LogP contribution in [0, 0.1) is 17.2 Å². The van der Waals surface area contributed by atoms with Crippen molar-refractivity contribution in [3.63, 3.8) is 0 Å². The molecular weight excluding hydrogens is 212 g/mol. The van der Waals surface area contributed by atoms with Gasteiger partial charge in [-0.15, -0.1) is 0 Å². The smallest absolute Gasteiger partial charge is 0.214 e.